The number of fused-ring (bicyclic) bond motifs is 1. The molecule has 2 heterocycles. The largest absolute Gasteiger partial charge is 0.426 e. The molecule has 0 saturated carbocycles. The summed E-state index contributed by atoms with van der Waals surface area (Å²) < 4.78 is 5.82. The van der Waals surface area contributed by atoms with Crippen LogP contribution < -0.4 is 4.74 Å². The van der Waals surface area contributed by atoms with E-state index in [2.05, 4.69) is 27.0 Å². The Balaban J connectivity index is 1.33. The van der Waals surface area contributed by atoms with Gasteiger partial charge in [0, 0.05) is 19.6 Å². The first-order chi connectivity index (χ1) is 12.3. The highest BCUT2D eigenvalue weighted by Gasteiger charge is 2.16. The SMILES string of the molecule is OC1CCN(CCc2ccc(Oc3nc4ccccc4[nH]3)cc2)CC1. The van der Waals surface area contributed by atoms with Crippen molar-refractivity contribution in [3.63, 3.8) is 0 Å². The highest BCUT2D eigenvalue weighted by atomic mass is 16.5. The predicted molar refractivity (Wildman–Crippen MR) is 98.0 cm³/mol. The summed E-state index contributed by atoms with van der Waals surface area (Å²) in [6.45, 7) is 3.03. The number of para-hydroxylation sites is 2. The van der Waals surface area contributed by atoms with Crippen molar-refractivity contribution < 1.29 is 9.84 Å². The molecule has 2 N–H and O–H groups in total. The summed E-state index contributed by atoms with van der Waals surface area (Å²) in [6, 6.07) is 16.6. The number of imidazole rings is 1. The average molecular weight is 337 g/mol. The molecular weight excluding hydrogens is 314 g/mol. The van der Waals surface area contributed by atoms with Crippen LogP contribution in [0.3, 0.4) is 0 Å². The van der Waals surface area contributed by atoms with Crippen LogP contribution in [0.25, 0.3) is 11.0 Å². The molecule has 25 heavy (non-hydrogen) atoms. The zero-order chi connectivity index (χ0) is 17.1. The second kappa shape index (κ2) is 7.25. The molecular formula is C20H23N3O2. The zero-order valence-corrected chi connectivity index (χ0v) is 14.2. The van der Waals surface area contributed by atoms with Gasteiger partial charge in [0.15, 0.2) is 0 Å². The van der Waals surface area contributed by atoms with Crippen LogP contribution in [-0.4, -0.2) is 45.7 Å². The Morgan fingerprint density at radius 1 is 1.08 bits per heavy atom. The number of likely N-dealkylation sites (tertiary alicyclic amines) is 1. The van der Waals surface area contributed by atoms with Gasteiger partial charge in [-0.05, 0) is 49.1 Å². The fourth-order valence-electron chi connectivity index (χ4n) is 3.24. The van der Waals surface area contributed by atoms with Crippen LogP contribution in [0.15, 0.2) is 48.5 Å². The first kappa shape index (κ1) is 16.1. The summed E-state index contributed by atoms with van der Waals surface area (Å²) in [5.41, 5.74) is 3.17. The van der Waals surface area contributed by atoms with Crippen molar-refractivity contribution in [3.8, 4) is 11.8 Å². The number of piperidine rings is 1. The van der Waals surface area contributed by atoms with Gasteiger partial charge in [0.05, 0.1) is 17.1 Å². The van der Waals surface area contributed by atoms with E-state index in [9.17, 15) is 5.11 Å². The second-order valence-corrected chi connectivity index (χ2v) is 6.63. The van der Waals surface area contributed by atoms with Gasteiger partial charge in [-0.2, -0.15) is 4.98 Å². The quantitative estimate of drug-likeness (QED) is 0.749. The van der Waals surface area contributed by atoms with E-state index in [0.717, 1.165) is 55.7 Å². The van der Waals surface area contributed by atoms with Gasteiger partial charge in [0.2, 0.25) is 0 Å². The van der Waals surface area contributed by atoms with E-state index < -0.39 is 0 Å². The van der Waals surface area contributed by atoms with Gasteiger partial charge < -0.3 is 19.7 Å². The number of nitrogens with zero attached hydrogens (tertiary/aromatic N) is 2. The van der Waals surface area contributed by atoms with Crippen LogP contribution in [0.1, 0.15) is 18.4 Å². The monoisotopic (exact) mass is 337 g/mol. The van der Waals surface area contributed by atoms with Crippen LogP contribution in [0.4, 0.5) is 0 Å². The minimum Gasteiger partial charge on any atom is -0.426 e. The molecule has 0 aliphatic carbocycles. The topological polar surface area (TPSA) is 61.4 Å². The van der Waals surface area contributed by atoms with Crippen molar-refractivity contribution in [1.82, 2.24) is 14.9 Å². The number of nitrogens with one attached hydrogen (secondary N) is 1. The van der Waals surface area contributed by atoms with Crippen molar-refractivity contribution in [3.05, 3.63) is 54.1 Å². The summed E-state index contributed by atoms with van der Waals surface area (Å²) in [5, 5.41) is 9.56. The molecule has 0 bridgehead atoms. The lowest BCUT2D eigenvalue weighted by Gasteiger charge is -2.29. The molecule has 0 amide bonds. The maximum absolute atomic E-state index is 9.56. The molecule has 1 aliphatic heterocycles. The van der Waals surface area contributed by atoms with E-state index in [4.69, 9.17) is 4.74 Å². The number of H-pyrrole nitrogens is 1. The maximum atomic E-state index is 9.56. The molecule has 1 aromatic heterocycles. The fourth-order valence-corrected chi connectivity index (χ4v) is 3.24. The highest BCUT2D eigenvalue weighted by Crippen LogP contribution is 2.22. The molecule has 4 rings (SSSR count). The number of aromatic amines is 1. The first-order valence-electron chi connectivity index (χ1n) is 8.88. The molecule has 0 spiro atoms. The minimum absolute atomic E-state index is 0.106. The molecule has 1 saturated heterocycles. The Kier molecular flexibility index (Phi) is 4.68. The lowest BCUT2D eigenvalue weighted by Crippen LogP contribution is -2.37. The molecule has 5 nitrogen and oxygen atoms in total. The highest BCUT2D eigenvalue weighted by molar-refractivity contribution is 5.75. The van der Waals surface area contributed by atoms with Gasteiger partial charge >= 0.3 is 0 Å². The third-order valence-electron chi connectivity index (χ3n) is 4.78. The maximum Gasteiger partial charge on any atom is 0.300 e. The Hall–Kier alpha value is -2.37. The van der Waals surface area contributed by atoms with Crippen LogP contribution in [0, 0.1) is 0 Å². The first-order valence-corrected chi connectivity index (χ1v) is 8.88. The molecule has 3 aromatic rings. The number of aromatic nitrogens is 2. The van der Waals surface area contributed by atoms with E-state index >= 15 is 0 Å². The molecule has 1 fully saturated rings. The third kappa shape index (κ3) is 4.00. The molecule has 130 valence electrons. The Bertz CT molecular complexity index is 787. The lowest BCUT2D eigenvalue weighted by atomic mass is 10.1. The Labute approximate surface area is 147 Å². The summed E-state index contributed by atoms with van der Waals surface area (Å²) in [5.74, 6) is 0.781. The van der Waals surface area contributed by atoms with Gasteiger partial charge in [-0.15, -0.1) is 0 Å². The van der Waals surface area contributed by atoms with Gasteiger partial charge in [0.1, 0.15) is 5.75 Å². The van der Waals surface area contributed by atoms with Gasteiger partial charge in [-0.1, -0.05) is 24.3 Å². The van der Waals surface area contributed by atoms with E-state index in [0.29, 0.717) is 6.01 Å². The predicted octanol–water partition coefficient (Wildman–Crippen LogP) is 3.35. The fraction of sp³-hybridized carbons (Fsp3) is 0.350. The van der Waals surface area contributed by atoms with Crippen molar-refractivity contribution in [2.24, 2.45) is 0 Å². The standard InChI is InChI=1S/C20H23N3O2/c24-16-10-13-23(14-11-16)12-9-15-5-7-17(8-6-15)25-20-21-18-3-1-2-4-19(18)22-20/h1-8,16,24H,9-14H2,(H,21,22). The second-order valence-electron chi connectivity index (χ2n) is 6.63. The summed E-state index contributed by atoms with van der Waals surface area (Å²) >= 11 is 0. The Morgan fingerprint density at radius 3 is 2.60 bits per heavy atom. The van der Waals surface area contributed by atoms with E-state index in [1.54, 1.807) is 0 Å². The van der Waals surface area contributed by atoms with Gasteiger partial charge in [0.25, 0.3) is 6.01 Å². The zero-order valence-electron chi connectivity index (χ0n) is 14.2. The number of benzene rings is 2. The molecule has 5 heteroatoms. The molecule has 0 unspecified atom stereocenters. The Morgan fingerprint density at radius 2 is 1.84 bits per heavy atom. The lowest BCUT2D eigenvalue weighted by molar-refractivity contribution is 0.0832. The molecule has 1 aliphatic rings. The molecule has 2 aromatic carbocycles. The van der Waals surface area contributed by atoms with Gasteiger partial charge in [-0.25, -0.2) is 0 Å². The summed E-state index contributed by atoms with van der Waals surface area (Å²) in [7, 11) is 0. The smallest absolute Gasteiger partial charge is 0.300 e. The van der Waals surface area contributed by atoms with Crippen LogP contribution in [-0.2, 0) is 6.42 Å². The van der Waals surface area contributed by atoms with Crippen LogP contribution in [0.2, 0.25) is 0 Å². The van der Waals surface area contributed by atoms with Crippen LogP contribution in [0.5, 0.6) is 11.8 Å². The van der Waals surface area contributed by atoms with Crippen molar-refractivity contribution in [2.75, 3.05) is 19.6 Å². The van der Waals surface area contributed by atoms with E-state index in [-0.39, 0.29) is 6.10 Å². The van der Waals surface area contributed by atoms with Crippen molar-refractivity contribution in [1.29, 1.82) is 0 Å². The van der Waals surface area contributed by atoms with E-state index in [1.807, 2.05) is 36.4 Å². The summed E-state index contributed by atoms with van der Waals surface area (Å²) in [6.07, 6.45) is 2.70. The molecule has 0 atom stereocenters. The number of aliphatic hydroxyl groups excluding tert-OH is 1. The number of hydrogen-bond donors (Lipinski definition) is 2. The van der Waals surface area contributed by atoms with Crippen molar-refractivity contribution >= 4 is 11.0 Å². The number of aliphatic hydroxyl groups is 1. The average Bonchev–Trinajstić information content (AvgIpc) is 3.05. The molecule has 0 radical (unpaired) electrons. The summed E-state index contributed by atoms with van der Waals surface area (Å²) in [4.78, 5) is 10.0. The normalized spacial score (nSPS) is 16.4. The number of ether oxygens (including phenoxy) is 1. The van der Waals surface area contributed by atoms with Gasteiger partial charge in [-0.3, -0.25) is 0 Å². The van der Waals surface area contributed by atoms with Crippen LogP contribution >= 0.6 is 0 Å². The number of hydrogen-bond acceptors (Lipinski definition) is 4. The van der Waals surface area contributed by atoms with E-state index in [1.165, 1.54) is 5.56 Å². The number of rotatable bonds is 5. The minimum atomic E-state index is -0.106. The third-order valence-corrected chi connectivity index (χ3v) is 4.78. The van der Waals surface area contributed by atoms with Crippen molar-refractivity contribution in [2.45, 2.75) is 25.4 Å².